The third-order valence-corrected chi connectivity index (χ3v) is 5.33. The predicted molar refractivity (Wildman–Crippen MR) is 112 cm³/mol. The highest BCUT2D eigenvalue weighted by Gasteiger charge is 2.15. The van der Waals surface area contributed by atoms with Crippen LogP contribution in [0.3, 0.4) is 0 Å². The van der Waals surface area contributed by atoms with Gasteiger partial charge in [-0.3, -0.25) is 4.79 Å². The predicted octanol–water partition coefficient (Wildman–Crippen LogP) is 2.41. The molecule has 0 saturated carbocycles. The van der Waals surface area contributed by atoms with E-state index in [9.17, 15) is 4.79 Å². The number of hydrogen-bond acceptors (Lipinski definition) is 4. The van der Waals surface area contributed by atoms with E-state index in [4.69, 9.17) is 5.73 Å². The van der Waals surface area contributed by atoms with Crippen molar-refractivity contribution in [3.8, 4) is 11.1 Å². The average Bonchev–Trinajstić information content (AvgIpc) is 2.73. The van der Waals surface area contributed by atoms with Crippen LogP contribution in [0.15, 0.2) is 48.5 Å². The summed E-state index contributed by atoms with van der Waals surface area (Å²) in [7, 11) is 1.79. The molecule has 27 heavy (non-hydrogen) atoms. The van der Waals surface area contributed by atoms with Gasteiger partial charge in [0, 0.05) is 45.5 Å². The van der Waals surface area contributed by atoms with Crippen LogP contribution in [0.25, 0.3) is 11.1 Å². The zero-order valence-electron chi connectivity index (χ0n) is 16.4. The molecule has 1 amide bonds. The molecule has 5 heteroatoms. The molecule has 3 rings (SSSR count). The van der Waals surface area contributed by atoms with E-state index in [1.807, 2.05) is 12.1 Å². The van der Waals surface area contributed by atoms with Crippen LogP contribution in [-0.4, -0.2) is 62.0 Å². The minimum atomic E-state index is -0.0482. The zero-order chi connectivity index (χ0) is 19.2. The molecular weight excluding hydrogens is 336 g/mol. The number of carbonyl (C=O) groups excluding carboxylic acids is 1. The van der Waals surface area contributed by atoms with Crippen molar-refractivity contribution in [1.82, 2.24) is 9.80 Å². The highest BCUT2D eigenvalue weighted by atomic mass is 16.2. The van der Waals surface area contributed by atoms with Gasteiger partial charge >= 0.3 is 0 Å². The molecule has 1 aliphatic heterocycles. The summed E-state index contributed by atoms with van der Waals surface area (Å²) in [5, 5.41) is 0. The summed E-state index contributed by atoms with van der Waals surface area (Å²) in [4.78, 5) is 18.3. The largest absolute Gasteiger partial charge is 0.369 e. The van der Waals surface area contributed by atoms with E-state index in [-0.39, 0.29) is 12.5 Å². The molecule has 5 nitrogen and oxygen atoms in total. The fourth-order valence-corrected chi connectivity index (χ4v) is 3.55. The molecule has 0 aliphatic carbocycles. The Hall–Kier alpha value is -2.37. The lowest BCUT2D eigenvalue weighted by Gasteiger charge is -2.35. The number of anilines is 1. The minimum Gasteiger partial charge on any atom is -0.369 e. The Morgan fingerprint density at radius 3 is 2.37 bits per heavy atom. The van der Waals surface area contributed by atoms with Crippen LogP contribution in [0.4, 0.5) is 5.69 Å². The van der Waals surface area contributed by atoms with E-state index in [1.54, 1.807) is 11.9 Å². The number of amides is 1. The van der Waals surface area contributed by atoms with Gasteiger partial charge in [-0.05, 0) is 41.4 Å². The SMILES string of the molecule is CCN1CCN(c2ccc(-c3cccc(CN(C)C(=O)CN)c3)cc2)CC1. The molecule has 2 aromatic carbocycles. The highest BCUT2D eigenvalue weighted by Crippen LogP contribution is 2.25. The third kappa shape index (κ3) is 4.87. The highest BCUT2D eigenvalue weighted by molar-refractivity contribution is 5.77. The second-order valence-corrected chi connectivity index (χ2v) is 7.12. The fourth-order valence-electron chi connectivity index (χ4n) is 3.55. The topological polar surface area (TPSA) is 52.8 Å². The number of rotatable bonds is 6. The number of hydrogen-bond donors (Lipinski definition) is 1. The van der Waals surface area contributed by atoms with E-state index < -0.39 is 0 Å². The zero-order valence-corrected chi connectivity index (χ0v) is 16.4. The quantitative estimate of drug-likeness (QED) is 0.853. The number of piperazine rings is 1. The van der Waals surface area contributed by atoms with Gasteiger partial charge in [0.2, 0.25) is 5.91 Å². The summed E-state index contributed by atoms with van der Waals surface area (Å²) in [5.74, 6) is -0.0482. The van der Waals surface area contributed by atoms with Crippen molar-refractivity contribution in [3.05, 3.63) is 54.1 Å². The molecule has 0 unspecified atom stereocenters. The van der Waals surface area contributed by atoms with Gasteiger partial charge < -0.3 is 20.4 Å². The first-order valence-electron chi connectivity index (χ1n) is 9.71. The summed E-state index contributed by atoms with van der Waals surface area (Å²) in [6.45, 7) is 8.42. The van der Waals surface area contributed by atoms with Crippen LogP contribution in [0.1, 0.15) is 12.5 Å². The van der Waals surface area contributed by atoms with E-state index in [0.29, 0.717) is 6.54 Å². The number of likely N-dealkylation sites (N-methyl/N-ethyl adjacent to an activating group) is 2. The maximum Gasteiger partial charge on any atom is 0.236 e. The summed E-state index contributed by atoms with van der Waals surface area (Å²) in [5.41, 5.74) is 10.2. The molecule has 144 valence electrons. The molecule has 0 radical (unpaired) electrons. The lowest BCUT2D eigenvalue weighted by atomic mass is 10.0. The van der Waals surface area contributed by atoms with Crippen LogP contribution in [-0.2, 0) is 11.3 Å². The van der Waals surface area contributed by atoms with Crippen molar-refractivity contribution in [3.63, 3.8) is 0 Å². The standard InChI is InChI=1S/C22H30N4O/c1-3-25-11-13-26(14-12-25)21-9-7-19(8-10-21)20-6-4-5-18(15-20)17-24(2)22(27)16-23/h4-10,15H,3,11-14,16-17,23H2,1-2H3. The molecule has 1 heterocycles. The first kappa shape index (κ1) is 19.4. The van der Waals surface area contributed by atoms with Gasteiger partial charge in [-0.15, -0.1) is 0 Å². The van der Waals surface area contributed by atoms with Crippen molar-refractivity contribution in [2.75, 3.05) is 51.2 Å². The maximum atomic E-state index is 11.7. The van der Waals surface area contributed by atoms with Gasteiger partial charge in [-0.1, -0.05) is 37.3 Å². The maximum absolute atomic E-state index is 11.7. The molecule has 1 fully saturated rings. The second-order valence-electron chi connectivity index (χ2n) is 7.12. The van der Waals surface area contributed by atoms with E-state index in [2.05, 4.69) is 53.1 Å². The van der Waals surface area contributed by atoms with Gasteiger partial charge in [-0.25, -0.2) is 0 Å². The van der Waals surface area contributed by atoms with E-state index in [0.717, 1.165) is 38.3 Å². The Balaban J connectivity index is 1.68. The molecule has 1 aliphatic rings. The lowest BCUT2D eigenvalue weighted by Crippen LogP contribution is -2.46. The van der Waals surface area contributed by atoms with Gasteiger partial charge in [-0.2, -0.15) is 0 Å². The summed E-state index contributed by atoms with van der Waals surface area (Å²) in [6, 6.07) is 17.2. The van der Waals surface area contributed by atoms with Crippen LogP contribution < -0.4 is 10.6 Å². The summed E-state index contributed by atoms with van der Waals surface area (Å²) >= 11 is 0. The average molecular weight is 367 g/mol. The number of carbonyl (C=O) groups is 1. The smallest absolute Gasteiger partial charge is 0.236 e. The van der Waals surface area contributed by atoms with Crippen LogP contribution >= 0.6 is 0 Å². The molecule has 1 saturated heterocycles. The molecule has 2 aromatic rings. The number of nitrogens with two attached hydrogens (primary N) is 1. The Morgan fingerprint density at radius 2 is 1.74 bits per heavy atom. The Morgan fingerprint density at radius 1 is 1.04 bits per heavy atom. The molecule has 0 aromatic heterocycles. The number of nitrogens with zero attached hydrogens (tertiary/aromatic N) is 3. The van der Waals surface area contributed by atoms with Crippen LogP contribution in [0.5, 0.6) is 0 Å². The molecular formula is C22H30N4O. The van der Waals surface area contributed by atoms with Crippen LogP contribution in [0.2, 0.25) is 0 Å². The van der Waals surface area contributed by atoms with Gasteiger partial charge in [0.1, 0.15) is 0 Å². The Bertz CT molecular complexity index is 751. The lowest BCUT2D eigenvalue weighted by molar-refractivity contribution is -0.128. The van der Waals surface area contributed by atoms with Crippen molar-refractivity contribution in [2.24, 2.45) is 5.73 Å². The molecule has 0 atom stereocenters. The van der Waals surface area contributed by atoms with Gasteiger partial charge in [0.15, 0.2) is 0 Å². The normalized spacial score (nSPS) is 15.0. The van der Waals surface area contributed by atoms with Crippen molar-refractivity contribution in [1.29, 1.82) is 0 Å². The van der Waals surface area contributed by atoms with E-state index in [1.165, 1.54) is 16.8 Å². The first-order chi connectivity index (χ1) is 13.1. The molecule has 0 bridgehead atoms. The first-order valence-corrected chi connectivity index (χ1v) is 9.71. The van der Waals surface area contributed by atoms with Gasteiger partial charge in [0.25, 0.3) is 0 Å². The monoisotopic (exact) mass is 366 g/mol. The van der Waals surface area contributed by atoms with E-state index >= 15 is 0 Å². The number of benzene rings is 2. The Labute approximate surface area is 162 Å². The summed E-state index contributed by atoms with van der Waals surface area (Å²) < 4.78 is 0. The minimum absolute atomic E-state index is 0.0458. The van der Waals surface area contributed by atoms with Gasteiger partial charge in [0.05, 0.1) is 6.54 Å². The Kier molecular flexibility index (Phi) is 6.48. The molecule has 2 N–H and O–H groups in total. The second kappa shape index (κ2) is 9.02. The van der Waals surface area contributed by atoms with Crippen LogP contribution in [0, 0.1) is 0 Å². The molecule has 0 spiro atoms. The summed E-state index contributed by atoms with van der Waals surface area (Å²) in [6.07, 6.45) is 0. The van der Waals surface area contributed by atoms with Crippen molar-refractivity contribution < 1.29 is 4.79 Å². The van der Waals surface area contributed by atoms with Crippen molar-refractivity contribution in [2.45, 2.75) is 13.5 Å². The van der Waals surface area contributed by atoms with Crippen molar-refractivity contribution >= 4 is 11.6 Å². The third-order valence-electron chi connectivity index (χ3n) is 5.33. The fraction of sp³-hybridized carbons (Fsp3) is 0.409.